The lowest BCUT2D eigenvalue weighted by Crippen LogP contribution is -2.31. The summed E-state index contributed by atoms with van der Waals surface area (Å²) in [6.45, 7) is 3.25. The minimum atomic E-state index is 0.133. The fraction of sp³-hybridized carbons (Fsp3) is 0.333. The van der Waals surface area contributed by atoms with E-state index < -0.39 is 0 Å². The van der Waals surface area contributed by atoms with Gasteiger partial charge in [0, 0.05) is 28.2 Å². The number of halogens is 2. The molecule has 1 atom stereocenters. The summed E-state index contributed by atoms with van der Waals surface area (Å²) < 4.78 is 5.75. The van der Waals surface area contributed by atoms with E-state index in [4.69, 9.17) is 33.0 Å². The van der Waals surface area contributed by atoms with Crippen molar-refractivity contribution in [3.8, 4) is 5.75 Å². The van der Waals surface area contributed by atoms with E-state index in [-0.39, 0.29) is 12.6 Å². The summed E-state index contributed by atoms with van der Waals surface area (Å²) in [6.07, 6.45) is 0.899. The third kappa shape index (κ3) is 5.40. The van der Waals surface area contributed by atoms with Crippen LogP contribution < -0.4 is 10.1 Å². The highest BCUT2D eigenvalue weighted by Crippen LogP contribution is 2.25. The van der Waals surface area contributed by atoms with E-state index in [1.165, 1.54) is 0 Å². The van der Waals surface area contributed by atoms with Crippen LogP contribution >= 0.6 is 23.2 Å². The maximum absolute atomic E-state index is 9.17. The molecule has 0 amide bonds. The van der Waals surface area contributed by atoms with Crippen LogP contribution in [0.2, 0.25) is 10.0 Å². The van der Waals surface area contributed by atoms with Crippen LogP contribution in [0.5, 0.6) is 5.75 Å². The standard InChI is InChI=1S/C18H21Cl2NO2/c1-2-14(11-22)21-10-13-6-8-15(9-7-13)23-12-16-17(19)4-3-5-18(16)20/h3-9,14,21-22H,2,10-12H2,1H3/t14-/m1/s1. The van der Waals surface area contributed by atoms with Gasteiger partial charge in [0.1, 0.15) is 12.4 Å². The number of aliphatic hydroxyl groups excluding tert-OH is 1. The van der Waals surface area contributed by atoms with Gasteiger partial charge in [-0.3, -0.25) is 0 Å². The molecule has 2 aromatic carbocycles. The van der Waals surface area contributed by atoms with Gasteiger partial charge in [-0.25, -0.2) is 0 Å². The molecule has 0 aliphatic rings. The first kappa shape index (κ1) is 18.1. The van der Waals surface area contributed by atoms with Crippen LogP contribution in [0.3, 0.4) is 0 Å². The van der Waals surface area contributed by atoms with Gasteiger partial charge < -0.3 is 15.2 Å². The van der Waals surface area contributed by atoms with Crippen molar-refractivity contribution in [2.24, 2.45) is 0 Å². The van der Waals surface area contributed by atoms with Crippen LogP contribution in [0.15, 0.2) is 42.5 Å². The van der Waals surface area contributed by atoms with Gasteiger partial charge in [-0.15, -0.1) is 0 Å². The largest absolute Gasteiger partial charge is 0.489 e. The summed E-state index contributed by atoms with van der Waals surface area (Å²) in [5.41, 5.74) is 1.93. The Balaban J connectivity index is 1.90. The highest BCUT2D eigenvalue weighted by atomic mass is 35.5. The number of hydrogen-bond acceptors (Lipinski definition) is 3. The molecule has 2 rings (SSSR count). The molecule has 23 heavy (non-hydrogen) atoms. The van der Waals surface area contributed by atoms with Gasteiger partial charge in [-0.2, -0.15) is 0 Å². The van der Waals surface area contributed by atoms with Crippen molar-refractivity contribution in [3.63, 3.8) is 0 Å². The van der Waals surface area contributed by atoms with Crippen LogP contribution in [0.25, 0.3) is 0 Å². The van der Waals surface area contributed by atoms with Crippen LogP contribution in [-0.4, -0.2) is 17.8 Å². The summed E-state index contributed by atoms with van der Waals surface area (Å²) in [6, 6.07) is 13.4. The minimum Gasteiger partial charge on any atom is -0.489 e. The Morgan fingerprint density at radius 2 is 1.74 bits per heavy atom. The fourth-order valence-electron chi connectivity index (χ4n) is 2.13. The van der Waals surface area contributed by atoms with E-state index >= 15 is 0 Å². The van der Waals surface area contributed by atoms with E-state index in [1.807, 2.05) is 37.3 Å². The SMILES string of the molecule is CC[C@H](CO)NCc1ccc(OCc2c(Cl)cccc2Cl)cc1. The van der Waals surface area contributed by atoms with E-state index in [2.05, 4.69) is 5.32 Å². The highest BCUT2D eigenvalue weighted by molar-refractivity contribution is 6.35. The number of nitrogens with one attached hydrogen (secondary N) is 1. The third-order valence-electron chi connectivity index (χ3n) is 3.68. The lowest BCUT2D eigenvalue weighted by atomic mass is 10.2. The smallest absolute Gasteiger partial charge is 0.119 e. The minimum absolute atomic E-state index is 0.133. The number of benzene rings is 2. The second kappa shape index (κ2) is 9.14. The van der Waals surface area contributed by atoms with Gasteiger partial charge in [-0.05, 0) is 36.2 Å². The monoisotopic (exact) mass is 353 g/mol. The summed E-state index contributed by atoms with van der Waals surface area (Å²) in [7, 11) is 0. The first-order valence-electron chi connectivity index (χ1n) is 7.63. The van der Waals surface area contributed by atoms with Crippen LogP contribution in [0.4, 0.5) is 0 Å². The molecule has 124 valence electrons. The normalized spacial score (nSPS) is 12.2. The molecule has 0 aromatic heterocycles. The number of rotatable bonds is 8. The van der Waals surface area contributed by atoms with E-state index in [1.54, 1.807) is 12.1 Å². The topological polar surface area (TPSA) is 41.5 Å². The van der Waals surface area contributed by atoms with Crippen LogP contribution in [0, 0.1) is 0 Å². The first-order chi connectivity index (χ1) is 11.1. The molecule has 2 aromatic rings. The van der Waals surface area contributed by atoms with Crippen molar-refractivity contribution >= 4 is 23.2 Å². The molecule has 0 aliphatic heterocycles. The van der Waals surface area contributed by atoms with Crippen molar-refractivity contribution in [3.05, 3.63) is 63.6 Å². The van der Waals surface area contributed by atoms with E-state index in [0.717, 1.165) is 29.8 Å². The maximum Gasteiger partial charge on any atom is 0.119 e. The number of hydrogen-bond donors (Lipinski definition) is 2. The molecule has 0 saturated carbocycles. The Labute approximate surface area is 147 Å². The Morgan fingerprint density at radius 1 is 1.09 bits per heavy atom. The van der Waals surface area contributed by atoms with Gasteiger partial charge in [0.05, 0.1) is 6.61 Å². The predicted molar refractivity (Wildman–Crippen MR) is 95.2 cm³/mol. The van der Waals surface area contributed by atoms with Crippen molar-refractivity contribution in [2.75, 3.05) is 6.61 Å². The zero-order chi connectivity index (χ0) is 16.7. The number of ether oxygens (including phenoxy) is 1. The van der Waals surface area contributed by atoms with Gasteiger partial charge >= 0.3 is 0 Å². The molecular weight excluding hydrogens is 333 g/mol. The van der Waals surface area contributed by atoms with Gasteiger partial charge in [0.2, 0.25) is 0 Å². The number of aliphatic hydroxyl groups is 1. The lowest BCUT2D eigenvalue weighted by molar-refractivity contribution is 0.238. The van der Waals surface area contributed by atoms with E-state index in [0.29, 0.717) is 16.7 Å². The van der Waals surface area contributed by atoms with Gasteiger partial charge in [-0.1, -0.05) is 48.3 Å². The molecule has 0 unspecified atom stereocenters. The van der Waals surface area contributed by atoms with Gasteiger partial charge in [0.25, 0.3) is 0 Å². The molecule has 0 heterocycles. The van der Waals surface area contributed by atoms with Crippen LogP contribution in [0.1, 0.15) is 24.5 Å². The molecule has 0 spiro atoms. The molecule has 0 saturated heterocycles. The van der Waals surface area contributed by atoms with Crippen molar-refractivity contribution in [2.45, 2.75) is 32.5 Å². The zero-order valence-corrected chi connectivity index (χ0v) is 14.6. The average molecular weight is 354 g/mol. The summed E-state index contributed by atoms with van der Waals surface area (Å²) in [5, 5.41) is 13.7. The van der Waals surface area contributed by atoms with Crippen molar-refractivity contribution < 1.29 is 9.84 Å². The molecule has 2 N–H and O–H groups in total. The molecule has 0 radical (unpaired) electrons. The van der Waals surface area contributed by atoms with E-state index in [9.17, 15) is 0 Å². The fourth-order valence-corrected chi connectivity index (χ4v) is 2.64. The zero-order valence-electron chi connectivity index (χ0n) is 13.1. The Bertz CT molecular complexity index is 593. The molecule has 0 aliphatic carbocycles. The van der Waals surface area contributed by atoms with Crippen molar-refractivity contribution in [1.29, 1.82) is 0 Å². The average Bonchev–Trinajstić information content (AvgIpc) is 2.56. The summed E-state index contributed by atoms with van der Waals surface area (Å²) in [5.74, 6) is 0.763. The van der Waals surface area contributed by atoms with Crippen molar-refractivity contribution in [1.82, 2.24) is 5.32 Å². The Hall–Kier alpha value is -1.26. The highest BCUT2D eigenvalue weighted by Gasteiger charge is 2.07. The Kier molecular flexibility index (Phi) is 7.18. The quantitative estimate of drug-likeness (QED) is 0.737. The van der Waals surface area contributed by atoms with Crippen LogP contribution in [-0.2, 0) is 13.2 Å². The van der Waals surface area contributed by atoms with Gasteiger partial charge in [0.15, 0.2) is 0 Å². The first-order valence-corrected chi connectivity index (χ1v) is 8.38. The molecule has 5 heteroatoms. The Morgan fingerprint density at radius 3 is 2.30 bits per heavy atom. The third-order valence-corrected chi connectivity index (χ3v) is 4.38. The molecular formula is C18H21Cl2NO2. The summed E-state index contributed by atoms with van der Waals surface area (Å²) in [4.78, 5) is 0. The molecule has 3 nitrogen and oxygen atoms in total. The second-order valence-electron chi connectivity index (χ2n) is 5.30. The second-order valence-corrected chi connectivity index (χ2v) is 6.12. The summed E-state index contributed by atoms with van der Waals surface area (Å²) >= 11 is 12.3. The lowest BCUT2D eigenvalue weighted by Gasteiger charge is -2.14. The molecule has 0 bridgehead atoms. The maximum atomic E-state index is 9.17. The molecule has 0 fully saturated rings. The predicted octanol–water partition coefficient (Wildman–Crippen LogP) is 4.43.